The van der Waals surface area contributed by atoms with E-state index < -0.39 is 5.76 Å². The fraction of sp³-hybridized carbons (Fsp3) is 0.188. The van der Waals surface area contributed by atoms with Gasteiger partial charge in [0.15, 0.2) is 0 Å². The zero-order valence-corrected chi connectivity index (χ0v) is 13.8. The van der Waals surface area contributed by atoms with E-state index in [-0.39, 0.29) is 0 Å². The Balaban J connectivity index is 1.64. The molecule has 2 heterocycles. The first-order valence-electron chi connectivity index (χ1n) is 7.11. The summed E-state index contributed by atoms with van der Waals surface area (Å²) in [5.41, 5.74) is 0.622. The van der Waals surface area contributed by atoms with Gasteiger partial charge in [-0.05, 0) is 36.4 Å². The fourth-order valence-electron chi connectivity index (χ4n) is 2.11. The topological polar surface area (TPSA) is 60.9 Å². The number of benzene rings is 1. The summed E-state index contributed by atoms with van der Waals surface area (Å²) in [6.07, 6.45) is 2.45. The maximum absolute atomic E-state index is 11.8. The van der Waals surface area contributed by atoms with Gasteiger partial charge < -0.3 is 0 Å². The number of aromatic nitrogens is 3. The number of hydrogen-bond acceptors (Lipinski definition) is 5. The van der Waals surface area contributed by atoms with Gasteiger partial charge in [-0.2, -0.15) is 0 Å². The number of thioether (sulfide) groups is 1. The lowest BCUT2D eigenvalue weighted by Gasteiger charge is -2.05. The first kappa shape index (κ1) is 15.8. The summed E-state index contributed by atoms with van der Waals surface area (Å²) in [6, 6.07) is 13.2. The summed E-state index contributed by atoms with van der Waals surface area (Å²) in [6.45, 7) is 0.520. The molecule has 0 spiro atoms. The molecule has 0 saturated carbocycles. The summed E-state index contributed by atoms with van der Waals surface area (Å²) in [5, 5.41) is 4.57. The lowest BCUT2D eigenvalue weighted by Crippen LogP contribution is -2.16. The summed E-state index contributed by atoms with van der Waals surface area (Å²) in [5.74, 6) is 0.829. The first-order chi connectivity index (χ1) is 11.3. The predicted octanol–water partition coefficient (Wildman–Crippen LogP) is 3.73. The van der Waals surface area contributed by atoms with E-state index in [2.05, 4.69) is 10.1 Å². The molecule has 0 radical (unpaired) electrons. The van der Waals surface area contributed by atoms with Crippen LogP contribution in [0.3, 0.4) is 0 Å². The highest BCUT2D eigenvalue weighted by Gasteiger charge is 2.13. The summed E-state index contributed by atoms with van der Waals surface area (Å²) in [7, 11) is 0. The van der Waals surface area contributed by atoms with E-state index in [0.29, 0.717) is 18.1 Å². The lowest BCUT2D eigenvalue weighted by atomic mass is 10.3. The van der Waals surface area contributed by atoms with Crippen molar-refractivity contribution in [1.29, 1.82) is 0 Å². The summed E-state index contributed by atoms with van der Waals surface area (Å²) in [4.78, 5) is 17.1. The van der Waals surface area contributed by atoms with Gasteiger partial charge in [0.1, 0.15) is 5.69 Å². The van der Waals surface area contributed by atoms with Gasteiger partial charge in [-0.3, -0.25) is 14.1 Å². The van der Waals surface area contributed by atoms with Gasteiger partial charge in [0.05, 0.1) is 5.02 Å². The Morgan fingerprint density at radius 1 is 1.17 bits per heavy atom. The van der Waals surface area contributed by atoms with Crippen molar-refractivity contribution in [2.75, 3.05) is 5.75 Å². The van der Waals surface area contributed by atoms with Gasteiger partial charge in [0.25, 0.3) is 0 Å². The molecule has 0 aliphatic heterocycles. The first-order valence-corrected chi connectivity index (χ1v) is 8.47. The Bertz CT molecular complexity index is 833. The predicted molar refractivity (Wildman–Crippen MR) is 90.8 cm³/mol. The smallest absolute Gasteiger partial charge is 0.295 e. The third-order valence-corrected chi connectivity index (χ3v) is 4.80. The monoisotopic (exact) mass is 347 g/mol. The Kier molecular flexibility index (Phi) is 5.15. The Morgan fingerprint density at radius 2 is 2.00 bits per heavy atom. The van der Waals surface area contributed by atoms with Crippen molar-refractivity contribution in [3.05, 3.63) is 64.2 Å². The van der Waals surface area contributed by atoms with E-state index in [9.17, 15) is 4.79 Å². The SMILES string of the molecule is O=c1onc(-c2ccccn2)n1CCCSc1ccccc1Cl. The third kappa shape index (κ3) is 3.83. The van der Waals surface area contributed by atoms with Crippen molar-refractivity contribution >= 4 is 23.4 Å². The number of hydrogen-bond donors (Lipinski definition) is 0. The molecule has 2 aromatic heterocycles. The van der Waals surface area contributed by atoms with Crippen molar-refractivity contribution in [3.63, 3.8) is 0 Å². The molecule has 23 heavy (non-hydrogen) atoms. The average Bonchev–Trinajstić information content (AvgIpc) is 2.95. The molecule has 118 valence electrons. The molecule has 0 aliphatic rings. The maximum Gasteiger partial charge on any atom is 0.441 e. The molecule has 3 aromatic rings. The van der Waals surface area contributed by atoms with Crippen LogP contribution in [0.15, 0.2) is 62.9 Å². The van der Waals surface area contributed by atoms with E-state index in [0.717, 1.165) is 22.1 Å². The number of rotatable bonds is 6. The van der Waals surface area contributed by atoms with Crippen molar-refractivity contribution in [3.8, 4) is 11.5 Å². The van der Waals surface area contributed by atoms with Crippen LogP contribution in [-0.2, 0) is 6.54 Å². The van der Waals surface area contributed by atoms with Crippen LogP contribution in [0.2, 0.25) is 5.02 Å². The zero-order valence-electron chi connectivity index (χ0n) is 12.2. The molecule has 0 aliphatic carbocycles. The van der Waals surface area contributed by atoms with Gasteiger partial charge in [0, 0.05) is 17.6 Å². The number of pyridine rings is 1. The quantitative estimate of drug-likeness (QED) is 0.502. The van der Waals surface area contributed by atoms with Crippen molar-refractivity contribution < 1.29 is 4.52 Å². The van der Waals surface area contributed by atoms with Crippen LogP contribution in [-0.4, -0.2) is 20.5 Å². The second-order valence-electron chi connectivity index (χ2n) is 4.77. The molecule has 7 heteroatoms. The Morgan fingerprint density at radius 3 is 2.78 bits per heavy atom. The highest BCUT2D eigenvalue weighted by Crippen LogP contribution is 2.27. The highest BCUT2D eigenvalue weighted by molar-refractivity contribution is 7.99. The minimum absolute atomic E-state index is 0.457. The fourth-order valence-corrected chi connectivity index (χ4v) is 3.28. The molecule has 0 unspecified atom stereocenters. The molecule has 3 rings (SSSR count). The van der Waals surface area contributed by atoms with Crippen molar-refractivity contribution in [2.45, 2.75) is 17.9 Å². The van der Waals surface area contributed by atoms with Gasteiger partial charge in [-0.15, -0.1) is 11.8 Å². The van der Waals surface area contributed by atoms with E-state index in [1.54, 1.807) is 24.0 Å². The zero-order chi connectivity index (χ0) is 16.1. The van der Waals surface area contributed by atoms with Gasteiger partial charge >= 0.3 is 5.76 Å². The van der Waals surface area contributed by atoms with Crippen molar-refractivity contribution in [2.24, 2.45) is 0 Å². The van der Waals surface area contributed by atoms with Crippen LogP contribution in [0.4, 0.5) is 0 Å². The van der Waals surface area contributed by atoms with Crippen LogP contribution in [0.1, 0.15) is 6.42 Å². The van der Waals surface area contributed by atoms with Gasteiger partial charge in [0.2, 0.25) is 5.82 Å². The minimum Gasteiger partial charge on any atom is -0.295 e. The Hall–Kier alpha value is -2.05. The molecule has 0 saturated heterocycles. The second kappa shape index (κ2) is 7.48. The van der Waals surface area contributed by atoms with Gasteiger partial charge in [-0.1, -0.05) is 35.0 Å². The largest absolute Gasteiger partial charge is 0.441 e. The molecule has 0 fully saturated rings. The van der Waals surface area contributed by atoms with E-state index in [4.69, 9.17) is 16.1 Å². The molecule has 0 amide bonds. The molecule has 0 bridgehead atoms. The number of nitrogens with zero attached hydrogens (tertiary/aromatic N) is 3. The average molecular weight is 348 g/mol. The lowest BCUT2D eigenvalue weighted by molar-refractivity contribution is 0.375. The standard InChI is InChI=1S/C16H14ClN3O2S/c17-12-6-1-2-8-14(12)23-11-5-10-20-15(19-22-16(20)21)13-7-3-4-9-18-13/h1-4,6-9H,5,10-11H2. The highest BCUT2D eigenvalue weighted by atomic mass is 35.5. The van der Waals surface area contributed by atoms with Crippen LogP contribution in [0, 0.1) is 0 Å². The molecular weight excluding hydrogens is 334 g/mol. The summed E-state index contributed by atoms with van der Waals surface area (Å²) < 4.78 is 6.28. The van der Waals surface area contributed by atoms with Crippen molar-refractivity contribution in [1.82, 2.24) is 14.7 Å². The Labute approximate surface area is 142 Å². The number of halogens is 1. The molecule has 5 nitrogen and oxygen atoms in total. The molecule has 0 N–H and O–H groups in total. The third-order valence-electron chi connectivity index (χ3n) is 3.20. The van der Waals surface area contributed by atoms with E-state index >= 15 is 0 Å². The summed E-state index contributed by atoms with van der Waals surface area (Å²) >= 11 is 7.79. The maximum atomic E-state index is 11.8. The van der Waals surface area contributed by atoms with E-state index in [1.807, 2.05) is 36.4 Å². The van der Waals surface area contributed by atoms with Crippen LogP contribution in [0.5, 0.6) is 0 Å². The molecule has 0 atom stereocenters. The van der Waals surface area contributed by atoms with Gasteiger partial charge in [-0.25, -0.2) is 4.79 Å². The molecular formula is C16H14ClN3O2S. The van der Waals surface area contributed by atoms with Crippen LogP contribution < -0.4 is 5.76 Å². The van der Waals surface area contributed by atoms with Crippen LogP contribution in [0.25, 0.3) is 11.5 Å². The molecule has 1 aromatic carbocycles. The second-order valence-corrected chi connectivity index (χ2v) is 6.32. The normalized spacial score (nSPS) is 10.8. The van der Waals surface area contributed by atoms with E-state index in [1.165, 1.54) is 4.57 Å². The minimum atomic E-state index is -0.464. The van der Waals surface area contributed by atoms with Crippen LogP contribution >= 0.6 is 23.4 Å².